The van der Waals surface area contributed by atoms with Crippen LogP contribution in [0.3, 0.4) is 0 Å². The Bertz CT molecular complexity index is 413. The first-order valence-electron chi connectivity index (χ1n) is 7.72. The topological polar surface area (TPSA) is 21.3 Å². The molecule has 2 nitrogen and oxygen atoms in total. The summed E-state index contributed by atoms with van der Waals surface area (Å²) >= 11 is 0. The third-order valence-corrected chi connectivity index (χ3v) is 4.44. The number of nitrogens with one attached hydrogen (secondary N) is 1. The van der Waals surface area contributed by atoms with Crippen molar-refractivity contribution in [2.45, 2.75) is 45.6 Å². The van der Waals surface area contributed by atoms with Crippen molar-refractivity contribution in [1.29, 1.82) is 0 Å². The lowest BCUT2D eigenvalue weighted by Gasteiger charge is -2.26. The van der Waals surface area contributed by atoms with Crippen LogP contribution in [0, 0.1) is 17.7 Å². The minimum atomic E-state index is -0.242. The van der Waals surface area contributed by atoms with E-state index in [4.69, 9.17) is 4.74 Å². The summed E-state index contributed by atoms with van der Waals surface area (Å²) in [7, 11) is 1.50. The van der Waals surface area contributed by atoms with Crippen molar-refractivity contribution < 1.29 is 9.13 Å². The molecular weight excluding hydrogens is 253 g/mol. The van der Waals surface area contributed by atoms with E-state index in [2.05, 4.69) is 12.2 Å². The van der Waals surface area contributed by atoms with Gasteiger partial charge in [-0.1, -0.05) is 44.7 Å². The average molecular weight is 279 g/mol. The second-order valence-electron chi connectivity index (χ2n) is 6.02. The van der Waals surface area contributed by atoms with Gasteiger partial charge in [0.1, 0.15) is 0 Å². The Kier molecular flexibility index (Phi) is 5.84. The van der Waals surface area contributed by atoms with Crippen LogP contribution in [0.2, 0.25) is 0 Å². The lowest BCUT2D eigenvalue weighted by molar-refractivity contribution is 0.275. The molecule has 0 aromatic heterocycles. The number of benzene rings is 1. The SMILES string of the molecule is COc1cccc(CNCCC2CCC(C)CC2)c1F. The summed E-state index contributed by atoms with van der Waals surface area (Å²) in [5, 5.41) is 3.36. The van der Waals surface area contributed by atoms with Crippen LogP contribution in [-0.4, -0.2) is 13.7 Å². The highest BCUT2D eigenvalue weighted by Crippen LogP contribution is 2.30. The molecule has 3 heteroatoms. The fourth-order valence-corrected chi connectivity index (χ4v) is 3.00. The minimum Gasteiger partial charge on any atom is -0.494 e. The van der Waals surface area contributed by atoms with Crippen LogP contribution < -0.4 is 10.1 Å². The molecule has 1 aromatic carbocycles. The van der Waals surface area contributed by atoms with Crippen molar-refractivity contribution in [1.82, 2.24) is 5.32 Å². The molecule has 0 aliphatic heterocycles. The summed E-state index contributed by atoms with van der Waals surface area (Å²) in [6.07, 6.45) is 6.66. The van der Waals surface area contributed by atoms with Gasteiger partial charge in [0.15, 0.2) is 11.6 Å². The zero-order chi connectivity index (χ0) is 14.4. The second kappa shape index (κ2) is 7.63. The Labute approximate surface area is 121 Å². The Morgan fingerprint density at radius 3 is 2.70 bits per heavy atom. The molecule has 20 heavy (non-hydrogen) atoms. The van der Waals surface area contributed by atoms with E-state index in [0.29, 0.717) is 17.9 Å². The first kappa shape index (κ1) is 15.3. The van der Waals surface area contributed by atoms with Gasteiger partial charge >= 0.3 is 0 Å². The summed E-state index contributed by atoms with van der Waals surface area (Å²) < 4.78 is 18.9. The van der Waals surface area contributed by atoms with Crippen molar-refractivity contribution in [3.63, 3.8) is 0 Å². The molecule has 1 saturated carbocycles. The van der Waals surface area contributed by atoms with Gasteiger partial charge in [-0.25, -0.2) is 4.39 Å². The van der Waals surface area contributed by atoms with Crippen LogP contribution >= 0.6 is 0 Å². The maximum Gasteiger partial charge on any atom is 0.169 e. The van der Waals surface area contributed by atoms with Gasteiger partial charge in [-0.05, 0) is 30.9 Å². The van der Waals surface area contributed by atoms with Gasteiger partial charge in [0.2, 0.25) is 0 Å². The van der Waals surface area contributed by atoms with Crippen molar-refractivity contribution in [3.8, 4) is 5.75 Å². The summed E-state index contributed by atoms with van der Waals surface area (Å²) in [6, 6.07) is 5.30. The van der Waals surface area contributed by atoms with E-state index >= 15 is 0 Å². The molecule has 0 unspecified atom stereocenters. The minimum absolute atomic E-state index is 0.242. The van der Waals surface area contributed by atoms with Gasteiger partial charge in [0.05, 0.1) is 7.11 Å². The lowest BCUT2D eigenvalue weighted by Crippen LogP contribution is -2.21. The molecule has 112 valence electrons. The van der Waals surface area contributed by atoms with Crippen molar-refractivity contribution in [2.75, 3.05) is 13.7 Å². The maximum atomic E-state index is 13.9. The van der Waals surface area contributed by atoms with Crippen LogP contribution in [0.25, 0.3) is 0 Å². The van der Waals surface area contributed by atoms with E-state index in [1.54, 1.807) is 6.07 Å². The predicted octanol–water partition coefficient (Wildman–Crippen LogP) is 4.14. The first-order chi connectivity index (χ1) is 9.70. The molecule has 1 aliphatic carbocycles. The second-order valence-corrected chi connectivity index (χ2v) is 6.02. The Hall–Kier alpha value is -1.09. The van der Waals surface area contributed by atoms with E-state index in [0.717, 1.165) is 18.4 Å². The molecule has 0 spiro atoms. The quantitative estimate of drug-likeness (QED) is 0.790. The predicted molar refractivity (Wildman–Crippen MR) is 80.4 cm³/mol. The number of ether oxygens (including phenoxy) is 1. The Balaban J connectivity index is 1.71. The van der Waals surface area contributed by atoms with Gasteiger partial charge in [-0.15, -0.1) is 0 Å². The zero-order valence-corrected chi connectivity index (χ0v) is 12.6. The Morgan fingerprint density at radius 2 is 2.00 bits per heavy atom. The molecule has 0 radical (unpaired) electrons. The van der Waals surface area contributed by atoms with E-state index < -0.39 is 0 Å². The van der Waals surface area contributed by atoms with Crippen LogP contribution in [-0.2, 0) is 6.54 Å². The summed E-state index contributed by atoms with van der Waals surface area (Å²) in [5.74, 6) is 1.85. The highest BCUT2D eigenvalue weighted by atomic mass is 19.1. The van der Waals surface area contributed by atoms with Gasteiger partial charge < -0.3 is 10.1 Å². The average Bonchev–Trinajstić information content (AvgIpc) is 2.47. The van der Waals surface area contributed by atoms with Gasteiger partial charge in [0, 0.05) is 12.1 Å². The van der Waals surface area contributed by atoms with E-state index in [-0.39, 0.29) is 5.82 Å². The molecular formula is C17H26FNO. The van der Waals surface area contributed by atoms with Gasteiger partial charge in [-0.2, -0.15) is 0 Å². The highest BCUT2D eigenvalue weighted by Gasteiger charge is 2.17. The number of methoxy groups -OCH3 is 1. The highest BCUT2D eigenvalue weighted by molar-refractivity contribution is 5.30. The molecule has 0 atom stereocenters. The largest absolute Gasteiger partial charge is 0.494 e. The van der Waals surface area contributed by atoms with E-state index in [9.17, 15) is 4.39 Å². The molecule has 0 saturated heterocycles. The molecule has 0 bridgehead atoms. The Morgan fingerprint density at radius 1 is 1.25 bits per heavy atom. The molecule has 1 aromatic rings. The third-order valence-electron chi connectivity index (χ3n) is 4.44. The van der Waals surface area contributed by atoms with E-state index in [1.165, 1.54) is 39.2 Å². The smallest absolute Gasteiger partial charge is 0.169 e. The first-order valence-corrected chi connectivity index (χ1v) is 7.72. The van der Waals surface area contributed by atoms with Crippen molar-refractivity contribution in [3.05, 3.63) is 29.6 Å². The number of hydrogen-bond acceptors (Lipinski definition) is 2. The van der Waals surface area contributed by atoms with Crippen molar-refractivity contribution >= 4 is 0 Å². The molecule has 1 N–H and O–H groups in total. The van der Waals surface area contributed by atoms with Crippen LogP contribution in [0.1, 0.15) is 44.6 Å². The fraction of sp³-hybridized carbons (Fsp3) is 0.647. The molecule has 0 heterocycles. The summed E-state index contributed by atoms with van der Waals surface area (Å²) in [6.45, 7) is 3.89. The normalized spacial score (nSPS) is 22.8. The number of rotatable bonds is 6. The zero-order valence-electron chi connectivity index (χ0n) is 12.6. The van der Waals surface area contributed by atoms with Gasteiger partial charge in [0.25, 0.3) is 0 Å². The van der Waals surface area contributed by atoms with Crippen LogP contribution in [0.4, 0.5) is 4.39 Å². The van der Waals surface area contributed by atoms with Crippen molar-refractivity contribution in [2.24, 2.45) is 11.8 Å². The summed E-state index contributed by atoms with van der Waals surface area (Å²) in [4.78, 5) is 0. The number of halogens is 1. The molecule has 2 rings (SSSR count). The summed E-state index contributed by atoms with van der Waals surface area (Å²) in [5.41, 5.74) is 0.682. The molecule has 1 aliphatic rings. The molecule has 1 fully saturated rings. The lowest BCUT2D eigenvalue weighted by atomic mass is 9.81. The number of hydrogen-bond donors (Lipinski definition) is 1. The fourth-order valence-electron chi connectivity index (χ4n) is 3.00. The molecule has 0 amide bonds. The maximum absolute atomic E-state index is 13.9. The standard InChI is InChI=1S/C17H26FNO/c1-13-6-8-14(9-7-13)10-11-19-12-15-4-3-5-16(20-2)17(15)18/h3-5,13-14,19H,6-12H2,1-2H3. The third kappa shape index (κ3) is 4.20. The monoisotopic (exact) mass is 279 g/mol. The van der Waals surface area contributed by atoms with Gasteiger partial charge in [-0.3, -0.25) is 0 Å². The van der Waals surface area contributed by atoms with E-state index in [1.807, 2.05) is 12.1 Å². The van der Waals surface area contributed by atoms with Crippen LogP contribution in [0.15, 0.2) is 18.2 Å². The van der Waals surface area contributed by atoms with Crippen LogP contribution in [0.5, 0.6) is 5.75 Å².